The maximum absolute atomic E-state index is 14.7. The van der Waals surface area contributed by atoms with E-state index >= 15 is 0 Å². The van der Waals surface area contributed by atoms with Gasteiger partial charge in [-0.1, -0.05) is 72.8 Å². The van der Waals surface area contributed by atoms with E-state index in [1.165, 1.54) is 24.3 Å². The highest BCUT2D eigenvalue weighted by Crippen LogP contribution is 2.40. The van der Waals surface area contributed by atoms with Crippen LogP contribution in [0.15, 0.2) is 103 Å². The summed E-state index contributed by atoms with van der Waals surface area (Å²) >= 11 is 0. The third kappa shape index (κ3) is 5.27. The van der Waals surface area contributed by atoms with Gasteiger partial charge in [0.1, 0.15) is 11.6 Å². The van der Waals surface area contributed by atoms with Gasteiger partial charge in [0.2, 0.25) is 5.95 Å². The van der Waals surface area contributed by atoms with Crippen molar-refractivity contribution in [2.75, 3.05) is 5.32 Å². The number of aromatic nitrogens is 3. The predicted molar refractivity (Wildman–Crippen MR) is 134 cm³/mol. The lowest BCUT2D eigenvalue weighted by atomic mass is 9.77. The molecular formula is C29H21F5N4. The van der Waals surface area contributed by atoms with Crippen LogP contribution in [0.5, 0.6) is 0 Å². The van der Waals surface area contributed by atoms with E-state index < -0.39 is 28.9 Å². The first-order valence-corrected chi connectivity index (χ1v) is 11.7. The van der Waals surface area contributed by atoms with E-state index in [4.69, 9.17) is 0 Å². The van der Waals surface area contributed by atoms with Gasteiger partial charge in [0.15, 0.2) is 5.82 Å². The monoisotopic (exact) mass is 520 g/mol. The Kier molecular flexibility index (Phi) is 6.67. The summed E-state index contributed by atoms with van der Waals surface area (Å²) in [6.45, 7) is 0. The summed E-state index contributed by atoms with van der Waals surface area (Å²) in [4.78, 5) is 3.06. The van der Waals surface area contributed by atoms with Crippen molar-refractivity contribution in [3.8, 4) is 11.4 Å². The molecule has 0 aliphatic carbocycles. The normalized spacial score (nSPS) is 13.2. The second kappa shape index (κ2) is 10.1. The number of benzene rings is 4. The highest BCUT2D eigenvalue weighted by molar-refractivity contribution is 5.57. The van der Waals surface area contributed by atoms with Gasteiger partial charge in [0, 0.05) is 12.0 Å². The minimum absolute atomic E-state index is 0.0158. The Hall–Kier alpha value is -4.53. The molecule has 9 heteroatoms. The zero-order valence-electron chi connectivity index (χ0n) is 19.8. The number of hydrogen-bond donors (Lipinski definition) is 2. The molecule has 0 saturated carbocycles. The molecule has 0 fully saturated rings. The third-order valence-electron chi connectivity index (χ3n) is 6.23. The molecule has 0 bridgehead atoms. The molecule has 0 spiro atoms. The zero-order valence-corrected chi connectivity index (χ0v) is 19.8. The summed E-state index contributed by atoms with van der Waals surface area (Å²) in [5.74, 6) is -1.01. The first-order chi connectivity index (χ1) is 18.2. The van der Waals surface area contributed by atoms with E-state index in [9.17, 15) is 22.0 Å². The quantitative estimate of drug-likeness (QED) is 0.220. The van der Waals surface area contributed by atoms with Gasteiger partial charge in [-0.2, -0.15) is 13.2 Å². The fraction of sp³-hybridized carbons (Fsp3) is 0.103. The van der Waals surface area contributed by atoms with Gasteiger partial charge >= 0.3 is 6.18 Å². The minimum Gasteiger partial charge on any atom is -0.340 e. The van der Waals surface area contributed by atoms with Crippen molar-refractivity contribution in [3.63, 3.8) is 0 Å². The molecule has 1 heterocycles. The fourth-order valence-electron chi connectivity index (χ4n) is 4.44. The number of nitrogens with one attached hydrogen (secondary N) is 2. The predicted octanol–water partition coefficient (Wildman–Crippen LogP) is 7.37. The molecule has 0 aliphatic heterocycles. The van der Waals surface area contributed by atoms with Gasteiger partial charge in [-0.3, -0.25) is 0 Å². The van der Waals surface area contributed by atoms with Crippen LogP contribution in [0.1, 0.15) is 22.3 Å². The average molecular weight is 521 g/mol. The van der Waals surface area contributed by atoms with Crippen molar-refractivity contribution in [1.82, 2.24) is 15.2 Å². The molecule has 0 saturated heterocycles. The first-order valence-electron chi connectivity index (χ1n) is 11.7. The number of anilines is 1. The standard InChI is InChI=1S/C29H21F5N4/c30-24-13-11-21(12-14-24)28(18-19-7-3-1-4-8-19,22-15-23(29(32,33)34)17-25(31)16-22)36-27-35-26(37-38-27)20-9-5-2-6-10-20/h1-17H,18H2,(H2,35,36,37,38). The molecule has 4 aromatic carbocycles. The average Bonchev–Trinajstić information content (AvgIpc) is 3.37. The minimum atomic E-state index is -4.79. The van der Waals surface area contributed by atoms with Crippen LogP contribution >= 0.6 is 0 Å². The fourth-order valence-corrected chi connectivity index (χ4v) is 4.44. The maximum Gasteiger partial charge on any atom is 0.416 e. The van der Waals surface area contributed by atoms with Gasteiger partial charge in [-0.05, 0) is 47.0 Å². The van der Waals surface area contributed by atoms with Crippen molar-refractivity contribution in [3.05, 3.63) is 137 Å². The van der Waals surface area contributed by atoms with Gasteiger partial charge < -0.3 is 10.3 Å². The molecule has 0 amide bonds. The molecule has 192 valence electrons. The smallest absolute Gasteiger partial charge is 0.340 e. The van der Waals surface area contributed by atoms with E-state index in [0.717, 1.165) is 23.3 Å². The Balaban J connectivity index is 1.72. The second-order valence-corrected chi connectivity index (χ2v) is 8.81. The molecule has 1 unspecified atom stereocenters. The van der Waals surface area contributed by atoms with Crippen LogP contribution in [0.3, 0.4) is 0 Å². The number of hydrogen-bond acceptors (Lipinski definition) is 3. The van der Waals surface area contributed by atoms with Crippen LogP contribution in [0.4, 0.5) is 27.9 Å². The van der Waals surface area contributed by atoms with Crippen LogP contribution in [0.2, 0.25) is 0 Å². The molecule has 38 heavy (non-hydrogen) atoms. The SMILES string of the molecule is Fc1ccc(C(Cc2ccccc2)(Nc2nnc(-c3ccccc3)[nH]2)c2cc(F)cc(C(F)(F)F)c2)cc1. The highest BCUT2D eigenvalue weighted by Gasteiger charge is 2.39. The van der Waals surface area contributed by atoms with Crippen molar-refractivity contribution < 1.29 is 22.0 Å². The summed E-state index contributed by atoms with van der Waals surface area (Å²) in [5.41, 5.74) is -0.767. The van der Waals surface area contributed by atoms with E-state index in [-0.39, 0.29) is 17.9 Å². The van der Waals surface area contributed by atoms with Crippen molar-refractivity contribution in [1.29, 1.82) is 0 Å². The summed E-state index contributed by atoms with van der Waals surface area (Å²) in [6.07, 6.45) is -4.70. The molecule has 4 nitrogen and oxygen atoms in total. The molecule has 0 aliphatic rings. The molecule has 5 aromatic rings. The van der Waals surface area contributed by atoms with Crippen LogP contribution < -0.4 is 5.32 Å². The Morgan fingerprint density at radius 3 is 1.95 bits per heavy atom. The molecule has 1 atom stereocenters. The largest absolute Gasteiger partial charge is 0.416 e. The lowest BCUT2D eigenvalue weighted by Crippen LogP contribution is -2.40. The summed E-state index contributed by atoms with van der Waals surface area (Å²) in [7, 11) is 0. The number of H-pyrrole nitrogens is 1. The van der Waals surface area contributed by atoms with Gasteiger partial charge in [0.05, 0.1) is 11.1 Å². The van der Waals surface area contributed by atoms with E-state index in [1.807, 2.05) is 36.4 Å². The first kappa shape index (κ1) is 25.1. The Morgan fingerprint density at radius 2 is 1.29 bits per heavy atom. The number of nitrogens with zero attached hydrogens (tertiary/aromatic N) is 2. The topological polar surface area (TPSA) is 53.6 Å². The lowest BCUT2D eigenvalue weighted by Gasteiger charge is -2.36. The van der Waals surface area contributed by atoms with Gasteiger partial charge in [0.25, 0.3) is 0 Å². The molecule has 1 aromatic heterocycles. The molecular weight excluding hydrogens is 499 g/mol. The Bertz CT molecular complexity index is 1520. The Morgan fingerprint density at radius 1 is 0.658 bits per heavy atom. The number of halogens is 5. The summed E-state index contributed by atoms with van der Waals surface area (Å²) in [5, 5.41) is 11.5. The van der Waals surface area contributed by atoms with Crippen LogP contribution in [0, 0.1) is 11.6 Å². The van der Waals surface area contributed by atoms with Crippen LogP contribution in [0.25, 0.3) is 11.4 Å². The molecule has 0 radical (unpaired) electrons. The highest BCUT2D eigenvalue weighted by atomic mass is 19.4. The number of alkyl halides is 3. The maximum atomic E-state index is 14.7. The van der Waals surface area contributed by atoms with Crippen molar-refractivity contribution in [2.45, 2.75) is 18.1 Å². The second-order valence-electron chi connectivity index (χ2n) is 8.81. The summed E-state index contributed by atoms with van der Waals surface area (Å²) < 4.78 is 70.0. The van der Waals surface area contributed by atoms with Gasteiger partial charge in [-0.25, -0.2) is 8.78 Å². The number of rotatable bonds is 7. The van der Waals surface area contributed by atoms with Crippen LogP contribution in [-0.4, -0.2) is 15.2 Å². The third-order valence-corrected chi connectivity index (χ3v) is 6.23. The Labute approximate surface area is 215 Å². The zero-order chi connectivity index (χ0) is 26.8. The van der Waals surface area contributed by atoms with E-state index in [0.29, 0.717) is 17.5 Å². The molecule has 5 rings (SSSR count). The van der Waals surface area contributed by atoms with Crippen molar-refractivity contribution in [2.24, 2.45) is 0 Å². The van der Waals surface area contributed by atoms with Gasteiger partial charge in [-0.15, -0.1) is 10.2 Å². The lowest BCUT2D eigenvalue weighted by molar-refractivity contribution is -0.137. The number of aromatic amines is 1. The van der Waals surface area contributed by atoms with Crippen LogP contribution in [-0.2, 0) is 18.1 Å². The van der Waals surface area contributed by atoms with E-state index in [1.54, 1.807) is 24.3 Å². The van der Waals surface area contributed by atoms with E-state index in [2.05, 4.69) is 20.5 Å². The molecule has 2 N–H and O–H groups in total. The van der Waals surface area contributed by atoms with Crippen molar-refractivity contribution >= 4 is 5.95 Å². The summed E-state index contributed by atoms with van der Waals surface area (Å²) in [6, 6.07) is 25.9.